The summed E-state index contributed by atoms with van der Waals surface area (Å²) in [5, 5.41) is 8.57. The van der Waals surface area contributed by atoms with E-state index in [1.54, 1.807) is 31.2 Å². The van der Waals surface area contributed by atoms with E-state index in [9.17, 15) is 9.59 Å². The van der Waals surface area contributed by atoms with Crippen molar-refractivity contribution in [3.05, 3.63) is 51.7 Å². The van der Waals surface area contributed by atoms with E-state index in [0.717, 1.165) is 4.88 Å². The van der Waals surface area contributed by atoms with E-state index >= 15 is 0 Å². The van der Waals surface area contributed by atoms with E-state index in [1.165, 1.54) is 11.3 Å². The second kappa shape index (κ2) is 7.01. The molecule has 108 valence electrons. The van der Waals surface area contributed by atoms with Gasteiger partial charge in [-0.25, -0.2) is 5.43 Å². The first-order chi connectivity index (χ1) is 10.1. The molecule has 0 aliphatic carbocycles. The van der Waals surface area contributed by atoms with Gasteiger partial charge in [0.15, 0.2) is 0 Å². The van der Waals surface area contributed by atoms with Crippen LogP contribution in [0.2, 0.25) is 5.02 Å². The largest absolute Gasteiger partial charge is 0.329 e. The summed E-state index contributed by atoms with van der Waals surface area (Å²) in [6, 6.07) is 10.4. The molecule has 2 amide bonds. The minimum absolute atomic E-state index is 0.358. The highest BCUT2D eigenvalue weighted by Gasteiger charge is 2.14. The summed E-state index contributed by atoms with van der Waals surface area (Å²) in [6.45, 7) is 1.75. The summed E-state index contributed by atoms with van der Waals surface area (Å²) in [4.78, 5) is 24.3. The smallest absolute Gasteiger partial charge is 0.316 e. The Morgan fingerprint density at radius 2 is 1.90 bits per heavy atom. The quantitative estimate of drug-likeness (QED) is 0.518. The first kappa shape index (κ1) is 15.2. The van der Waals surface area contributed by atoms with Gasteiger partial charge >= 0.3 is 11.8 Å². The fourth-order valence-corrected chi connectivity index (χ4v) is 2.33. The van der Waals surface area contributed by atoms with Crippen LogP contribution in [0.5, 0.6) is 0 Å². The summed E-state index contributed by atoms with van der Waals surface area (Å²) in [5.41, 5.74) is 3.21. The number of nitrogens with one attached hydrogen (secondary N) is 2. The van der Waals surface area contributed by atoms with Crippen LogP contribution < -0.4 is 10.7 Å². The molecule has 0 atom stereocenters. The molecule has 0 spiro atoms. The number of thiophene rings is 1. The van der Waals surface area contributed by atoms with Crippen molar-refractivity contribution in [1.82, 2.24) is 5.43 Å². The molecule has 0 unspecified atom stereocenters. The molecular weight excluding hydrogens is 310 g/mol. The third-order valence-corrected chi connectivity index (χ3v) is 3.84. The Morgan fingerprint density at radius 1 is 1.14 bits per heavy atom. The standard InChI is InChI=1S/C14H12ClN3O2S/c1-9(12-7-4-8-21-12)17-18-14(20)13(19)16-11-6-3-2-5-10(11)15/h2-8H,1H3,(H,16,19)(H,18,20)/b17-9+. The average Bonchev–Trinajstić information content (AvgIpc) is 3.01. The van der Waals surface area contributed by atoms with E-state index in [1.807, 2.05) is 17.5 Å². The number of amides is 2. The monoisotopic (exact) mass is 321 g/mol. The topological polar surface area (TPSA) is 70.6 Å². The highest BCUT2D eigenvalue weighted by atomic mass is 35.5. The van der Waals surface area contributed by atoms with Crippen molar-refractivity contribution >= 4 is 46.2 Å². The minimum atomic E-state index is -0.856. The molecule has 1 aromatic heterocycles. The molecule has 0 saturated heterocycles. The molecule has 2 N–H and O–H groups in total. The Hall–Kier alpha value is -2.18. The van der Waals surface area contributed by atoms with Crippen LogP contribution in [0.15, 0.2) is 46.9 Å². The Morgan fingerprint density at radius 3 is 2.57 bits per heavy atom. The van der Waals surface area contributed by atoms with Crippen LogP contribution in [0, 0.1) is 0 Å². The third kappa shape index (κ3) is 4.14. The number of hydrogen-bond acceptors (Lipinski definition) is 4. The first-order valence-electron chi connectivity index (χ1n) is 6.02. The number of nitrogens with zero attached hydrogens (tertiary/aromatic N) is 1. The fraction of sp³-hybridized carbons (Fsp3) is 0.0714. The number of hydrogen-bond donors (Lipinski definition) is 2. The molecule has 1 heterocycles. The molecule has 0 fully saturated rings. The molecule has 5 nitrogen and oxygen atoms in total. The second-order valence-corrected chi connectivity index (χ2v) is 5.40. The Bertz CT molecular complexity index is 683. The molecular formula is C14H12ClN3O2S. The van der Waals surface area contributed by atoms with Gasteiger partial charge in [-0.3, -0.25) is 9.59 Å². The molecule has 0 bridgehead atoms. The zero-order valence-corrected chi connectivity index (χ0v) is 12.7. The molecule has 7 heteroatoms. The SMILES string of the molecule is C/C(=N\NC(=O)C(=O)Nc1ccccc1Cl)c1cccs1. The number of benzene rings is 1. The van der Waals surface area contributed by atoms with Gasteiger partial charge < -0.3 is 5.32 Å². The Labute approximate surface area is 130 Å². The third-order valence-electron chi connectivity index (χ3n) is 2.53. The molecule has 2 rings (SSSR count). The van der Waals surface area contributed by atoms with Crippen LogP contribution in [-0.4, -0.2) is 17.5 Å². The molecule has 0 aliphatic heterocycles. The second-order valence-electron chi connectivity index (χ2n) is 4.05. The van der Waals surface area contributed by atoms with Gasteiger partial charge in [-0.1, -0.05) is 29.8 Å². The Kier molecular flexibility index (Phi) is 5.08. The van der Waals surface area contributed by atoms with E-state index in [0.29, 0.717) is 16.4 Å². The van der Waals surface area contributed by atoms with Crippen molar-refractivity contribution in [3.63, 3.8) is 0 Å². The van der Waals surface area contributed by atoms with E-state index in [4.69, 9.17) is 11.6 Å². The number of anilines is 1. The van der Waals surface area contributed by atoms with Crippen LogP contribution >= 0.6 is 22.9 Å². The zero-order chi connectivity index (χ0) is 15.2. The molecule has 0 aliphatic rings. The maximum atomic E-state index is 11.7. The number of carbonyl (C=O) groups is 2. The number of halogens is 1. The van der Waals surface area contributed by atoms with Crippen molar-refractivity contribution in [3.8, 4) is 0 Å². The van der Waals surface area contributed by atoms with Gasteiger partial charge in [0, 0.05) is 4.88 Å². The summed E-state index contributed by atoms with van der Waals surface area (Å²) in [7, 11) is 0. The number of hydrazone groups is 1. The van der Waals surface area contributed by atoms with Gasteiger partial charge in [0.25, 0.3) is 0 Å². The van der Waals surface area contributed by atoms with Gasteiger partial charge in [0.05, 0.1) is 16.4 Å². The lowest BCUT2D eigenvalue weighted by Gasteiger charge is -2.05. The first-order valence-corrected chi connectivity index (χ1v) is 7.27. The van der Waals surface area contributed by atoms with Crippen LogP contribution in [0.3, 0.4) is 0 Å². The van der Waals surface area contributed by atoms with E-state index in [2.05, 4.69) is 15.8 Å². The van der Waals surface area contributed by atoms with Crippen LogP contribution in [0.25, 0.3) is 0 Å². The van der Waals surface area contributed by atoms with E-state index < -0.39 is 11.8 Å². The lowest BCUT2D eigenvalue weighted by Crippen LogP contribution is -2.33. The predicted molar refractivity (Wildman–Crippen MR) is 84.8 cm³/mol. The highest BCUT2D eigenvalue weighted by molar-refractivity contribution is 7.12. The lowest BCUT2D eigenvalue weighted by atomic mass is 10.3. The summed E-state index contributed by atoms with van der Waals surface area (Å²) >= 11 is 7.39. The number of para-hydroxylation sites is 1. The van der Waals surface area contributed by atoms with Crippen molar-refractivity contribution in [2.24, 2.45) is 5.10 Å². The molecule has 0 radical (unpaired) electrons. The van der Waals surface area contributed by atoms with Gasteiger partial charge in [0.2, 0.25) is 0 Å². The average molecular weight is 322 g/mol. The number of carbonyl (C=O) groups excluding carboxylic acids is 2. The van der Waals surface area contributed by atoms with Gasteiger partial charge in [-0.15, -0.1) is 11.3 Å². The van der Waals surface area contributed by atoms with Crippen molar-refractivity contribution in [1.29, 1.82) is 0 Å². The molecule has 2 aromatic rings. The summed E-state index contributed by atoms with van der Waals surface area (Å²) in [6.07, 6.45) is 0. The zero-order valence-electron chi connectivity index (χ0n) is 11.1. The number of rotatable bonds is 3. The van der Waals surface area contributed by atoms with Gasteiger partial charge in [-0.2, -0.15) is 5.10 Å². The molecule has 1 aromatic carbocycles. The van der Waals surface area contributed by atoms with Gasteiger partial charge in [-0.05, 0) is 30.5 Å². The summed E-state index contributed by atoms with van der Waals surface area (Å²) in [5.74, 6) is -1.68. The minimum Gasteiger partial charge on any atom is -0.316 e. The predicted octanol–water partition coefficient (Wildman–Crippen LogP) is 2.88. The van der Waals surface area contributed by atoms with Gasteiger partial charge in [0.1, 0.15) is 0 Å². The van der Waals surface area contributed by atoms with Crippen molar-refractivity contribution in [2.75, 3.05) is 5.32 Å². The van der Waals surface area contributed by atoms with Crippen LogP contribution in [0.1, 0.15) is 11.8 Å². The van der Waals surface area contributed by atoms with Crippen molar-refractivity contribution in [2.45, 2.75) is 6.92 Å². The van der Waals surface area contributed by atoms with Crippen molar-refractivity contribution < 1.29 is 9.59 Å². The van der Waals surface area contributed by atoms with E-state index in [-0.39, 0.29) is 0 Å². The maximum Gasteiger partial charge on any atom is 0.329 e. The van der Waals surface area contributed by atoms with Crippen LogP contribution in [-0.2, 0) is 9.59 Å². The lowest BCUT2D eigenvalue weighted by molar-refractivity contribution is -0.136. The normalized spacial score (nSPS) is 11.0. The summed E-state index contributed by atoms with van der Waals surface area (Å²) < 4.78 is 0. The molecule has 21 heavy (non-hydrogen) atoms. The molecule has 0 saturated carbocycles. The Balaban J connectivity index is 1.96. The maximum absolute atomic E-state index is 11.7. The fourth-order valence-electron chi connectivity index (χ4n) is 1.47. The highest BCUT2D eigenvalue weighted by Crippen LogP contribution is 2.20. The van der Waals surface area contributed by atoms with Crippen LogP contribution in [0.4, 0.5) is 5.69 Å².